The first kappa shape index (κ1) is 44.2. The van der Waals surface area contributed by atoms with Crippen LogP contribution in [0.5, 0.6) is 0 Å². The van der Waals surface area contributed by atoms with E-state index in [1.165, 1.54) is 0 Å². The van der Waals surface area contributed by atoms with E-state index >= 15 is 0 Å². The Morgan fingerprint density at radius 3 is 1.04 bits per heavy atom. The summed E-state index contributed by atoms with van der Waals surface area (Å²) in [5.41, 5.74) is -1.36. The van der Waals surface area contributed by atoms with Crippen LogP contribution >= 0.6 is 0 Å². The topological polar surface area (TPSA) is 133 Å². The van der Waals surface area contributed by atoms with Crippen molar-refractivity contribution >= 4 is 40.5 Å². The lowest BCUT2D eigenvalue weighted by molar-refractivity contribution is -0.153. The molecule has 0 radical (unpaired) electrons. The maximum Gasteiger partial charge on any atom is 0.330 e. The largest absolute Gasteiger partial charge is 0.462 e. The minimum Gasteiger partial charge on any atom is -0.462 e. The number of esters is 4. The second kappa shape index (κ2) is 22.7. The van der Waals surface area contributed by atoms with Gasteiger partial charge in [0.2, 0.25) is 0 Å². The quantitative estimate of drug-likeness (QED) is 0.0316. The lowest BCUT2D eigenvalue weighted by Gasteiger charge is -2.35. The molecule has 0 N–H and O–H groups in total. The summed E-state index contributed by atoms with van der Waals surface area (Å²) in [7, 11) is -4.00. The fourth-order valence-electron chi connectivity index (χ4n) is 4.62. The van der Waals surface area contributed by atoms with Crippen molar-refractivity contribution in [1.82, 2.24) is 0 Å². The number of carbonyl (C=O) groups excluding carboxylic acids is 4. The van der Waals surface area contributed by atoms with Gasteiger partial charge in [-0.25, -0.2) is 19.2 Å². The molecule has 0 aromatic rings. The summed E-state index contributed by atoms with van der Waals surface area (Å²) in [5.74, 6) is -2.19. The van der Waals surface area contributed by atoms with Crippen LogP contribution in [0.15, 0.2) is 50.6 Å². The van der Waals surface area contributed by atoms with Gasteiger partial charge in [-0.3, -0.25) is 0 Å². The van der Waals surface area contributed by atoms with Crippen LogP contribution in [-0.4, -0.2) is 93.4 Å². The number of carbonyl (C=O) groups is 4. The smallest absolute Gasteiger partial charge is 0.330 e. The van der Waals surface area contributed by atoms with Crippen LogP contribution in [0, 0.1) is 10.8 Å². The second-order valence-corrected chi connectivity index (χ2v) is 21.7. The van der Waals surface area contributed by atoms with Crippen LogP contribution in [0.1, 0.15) is 39.5 Å². The third-order valence-corrected chi connectivity index (χ3v) is 15.3. The van der Waals surface area contributed by atoms with E-state index in [1.54, 1.807) is 0 Å². The van der Waals surface area contributed by atoms with Gasteiger partial charge < -0.3 is 32.5 Å². The van der Waals surface area contributed by atoms with Gasteiger partial charge in [0.05, 0.1) is 24.0 Å². The average molecular weight is 699 g/mol. The highest BCUT2D eigenvalue weighted by Crippen LogP contribution is 2.28. The first-order valence-corrected chi connectivity index (χ1v) is 22.3. The molecule has 0 amide bonds. The fraction of sp³-hybridized carbons (Fsp3) is 0.647. The Balaban J connectivity index is 4.88. The van der Waals surface area contributed by atoms with Crippen molar-refractivity contribution in [2.75, 3.05) is 52.9 Å². The Morgan fingerprint density at radius 2 is 0.809 bits per heavy atom. The molecule has 0 spiro atoms. The molecule has 0 atom stereocenters. The second-order valence-electron chi connectivity index (χ2n) is 12.9. The van der Waals surface area contributed by atoms with Gasteiger partial charge in [-0.15, -0.1) is 0 Å². The van der Waals surface area contributed by atoms with Crippen molar-refractivity contribution in [1.29, 1.82) is 0 Å². The predicted molar refractivity (Wildman–Crippen MR) is 187 cm³/mol. The maximum absolute atomic E-state index is 11.7. The zero-order chi connectivity index (χ0) is 36.0. The molecule has 0 aromatic carbocycles. The van der Waals surface area contributed by atoms with E-state index in [1.807, 2.05) is 13.8 Å². The first-order valence-electron chi connectivity index (χ1n) is 16.1. The zero-order valence-corrected chi connectivity index (χ0v) is 31.5. The van der Waals surface area contributed by atoms with E-state index in [0.717, 1.165) is 49.2 Å². The molecule has 11 nitrogen and oxygen atoms in total. The molecule has 0 aromatic heterocycles. The molecule has 268 valence electrons. The average Bonchev–Trinajstić information content (AvgIpc) is 3.04. The summed E-state index contributed by atoms with van der Waals surface area (Å²) in [6.45, 7) is 28.1. The molecule has 0 bridgehead atoms. The minimum atomic E-state index is -2.00. The predicted octanol–water partition coefficient (Wildman–Crippen LogP) is 5.94. The minimum absolute atomic E-state index is 0.0383. The third kappa shape index (κ3) is 19.5. The van der Waals surface area contributed by atoms with Crippen molar-refractivity contribution in [2.24, 2.45) is 10.8 Å². The molecule has 0 heterocycles. The van der Waals surface area contributed by atoms with Gasteiger partial charge in [0.15, 0.2) is 16.6 Å². The van der Waals surface area contributed by atoms with Crippen LogP contribution in [0.2, 0.25) is 38.3 Å². The molecular formula is C34H58O11Si2. The van der Waals surface area contributed by atoms with Crippen molar-refractivity contribution in [3.8, 4) is 0 Å². The summed E-state index contributed by atoms with van der Waals surface area (Å²) < 4.78 is 39.9. The Labute approximate surface area is 283 Å². The van der Waals surface area contributed by atoms with E-state index in [9.17, 15) is 19.2 Å². The number of hydrogen-bond acceptors (Lipinski definition) is 11. The van der Waals surface area contributed by atoms with Crippen LogP contribution < -0.4 is 0 Å². The molecule has 0 unspecified atom stereocenters. The summed E-state index contributed by atoms with van der Waals surface area (Å²) in [5, 5.41) is 0. The van der Waals surface area contributed by atoms with Crippen molar-refractivity contribution in [3.63, 3.8) is 0 Å². The molecule has 0 aliphatic rings. The molecule has 0 rings (SSSR count). The molecule has 13 heteroatoms. The SMILES string of the molecule is C=CC(=O)OCC(CC)(COCCC[Si](C)(C)O[Si](C)(C)CCCOCC(CC)(COC(=O)C=C)COC(=O)C=C)COC(=O)C=C. The van der Waals surface area contributed by atoms with Gasteiger partial charge in [0.25, 0.3) is 0 Å². The van der Waals surface area contributed by atoms with E-state index in [4.69, 9.17) is 32.5 Å². The summed E-state index contributed by atoms with van der Waals surface area (Å²) in [6.07, 6.45) is 7.12. The standard InChI is InChI=1S/C34H58O11Si2/c1-11-29(35)41-25-33(15-5,26-42-30(36)12-2)23-39-19-17-21-46(7,8)45-47(9,10)22-18-20-40-24-34(16-6,27-43-31(37)13-3)28-44-32(38)14-4/h11-14H,1-4,15-28H2,5-10H3. The number of rotatable bonds is 28. The molecule has 0 saturated carbocycles. The van der Waals surface area contributed by atoms with Gasteiger partial charge >= 0.3 is 23.9 Å². The van der Waals surface area contributed by atoms with Crippen molar-refractivity contribution in [3.05, 3.63) is 50.6 Å². The Morgan fingerprint density at radius 1 is 0.532 bits per heavy atom. The van der Waals surface area contributed by atoms with Gasteiger partial charge in [-0.2, -0.15) is 0 Å². The zero-order valence-electron chi connectivity index (χ0n) is 29.5. The maximum atomic E-state index is 11.7. The summed E-state index contributed by atoms with van der Waals surface area (Å²) >= 11 is 0. The number of ether oxygens (including phenoxy) is 6. The van der Waals surface area contributed by atoms with Crippen molar-refractivity contribution < 1.29 is 51.7 Å². The highest BCUT2D eigenvalue weighted by atomic mass is 28.4. The Hall–Kier alpha value is -2.85. The summed E-state index contributed by atoms with van der Waals surface area (Å²) in [6, 6.07) is 1.81. The van der Waals surface area contributed by atoms with Crippen LogP contribution in [0.3, 0.4) is 0 Å². The molecular weight excluding hydrogens is 641 g/mol. The molecule has 0 fully saturated rings. The van der Waals surface area contributed by atoms with Crippen LogP contribution in [0.25, 0.3) is 0 Å². The lowest BCUT2D eigenvalue weighted by Crippen LogP contribution is -2.44. The summed E-state index contributed by atoms with van der Waals surface area (Å²) in [4.78, 5) is 46.7. The van der Waals surface area contributed by atoms with Crippen molar-refractivity contribution in [2.45, 2.75) is 77.8 Å². The third-order valence-electron chi connectivity index (χ3n) is 7.75. The van der Waals surface area contributed by atoms with E-state index < -0.39 is 51.3 Å². The molecule has 0 saturated heterocycles. The normalized spacial score (nSPS) is 12.0. The lowest BCUT2D eigenvalue weighted by atomic mass is 9.88. The molecule has 0 aliphatic carbocycles. The van der Waals surface area contributed by atoms with E-state index in [0.29, 0.717) is 26.1 Å². The van der Waals surface area contributed by atoms with Gasteiger partial charge in [-0.1, -0.05) is 40.2 Å². The van der Waals surface area contributed by atoms with Crippen LogP contribution in [0.4, 0.5) is 0 Å². The van der Waals surface area contributed by atoms with E-state index in [2.05, 4.69) is 52.5 Å². The van der Waals surface area contributed by atoms with E-state index in [-0.39, 0.29) is 39.6 Å². The first-order chi connectivity index (χ1) is 22.1. The molecule has 0 aliphatic heterocycles. The highest BCUT2D eigenvalue weighted by molar-refractivity contribution is 6.84. The Kier molecular flexibility index (Phi) is 21.3. The fourth-order valence-corrected chi connectivity index (χ4v) is 13.4. The highest BCUT2D eigenvalue weighted by Gasteiger charge is 2.35. The Bertz CT molecular complexity index is 911. The molecule has 47 heavy (non-hydrogen) atoms. The van der Waals surface area contributed by atoms with Crippen LogP contribution in [-0.2, 0) is 51.7 Å². The van der Waals surface area contributed by atoms with Gasteiger partial charge in [0, 0.05) is 37.5 Å². The van der Waals surface area contributed by atoms with Gasteiger partial charge in [0.1, 0.15) is 26.4 Å². The van der Waals surface area contributed by atoms with Gasteiger partial charge in [-0.05, 0) is 64.0 Å². The number of hydrogen-bond donors (Lipinski definition) is 0. The monoisotopic (exact) mass is 698 g/mol.